The molecule has 1 aromatic heterocycles. The van der Waals surface area contributed by atoms with Gasteiger partial charge in [-0.3, -0.25) is 9.78 Å². The minimum atomic E-state index is -0.264. The van der Waals surface area contributed by atoms with Gasteiger partial charge in [-0.2, -0.15) is 0 Å². The van der Waals surface area contributed by atoms with Gasteiger partial charge in [0.1, 0.15) is 5.69 Å². The first kappa shape index (κ1) is 11.9. The van der Waals surface area contributed by atoms with Crippen molar-refractivity contribution in [3.63, 3.8) is 0 Å². The molecule has 18 heavy (non-hydrogen) atoms. The molecule has 6 nitrogen and oxygen atoms in total. The number of aromatic nitrogens is 1. The Morgan fingerprint density at radius 2 is 2.22 bits per heavy atom. The normalized spacial score (nSPS) is 9.78. The molecule has 2 rings (SSSR count). The van der Waals surface area contributed by atoms with E-state index in [-0.39, 0.29) is 12.5 Å². The van der Waals surface area contributed by atoms with E-state index in [1.54, 1.807) is 6.20 Å². The van der Waals surface area contributed by atoms with Gasteiger partial charge in [0.05, 0.1) is 0 Å². The number of carbonyl (C=O) groups is 1. The minimum Gasteiger partial charge on any atom is -0.351 e. The maximum Gasteiger partial charge on any atom is 0.270 e. The van der Waals surface area contributed by atoms with E-state index < -0.39 is 0 Å². The number of benzene rings is 1. The second-order valence-corrected chi connectivity index (χ2v) is 3.59. The van der Waals surface area contributed by atoms with Gasteiger partial charge in [-0.1, -0.05) is 29.4 Å². The molecule has 0 aliphatic rings. The molecule has 0 unspecified atom stereocenters. The first-order valence-corrected chi connectivity index (χ1v) is 5.46. The number of nitrogens with one attached hydrogen (secondary N) is 1. The molecule has 0 aliphatic heterocycles. The van der Waals surface area contributed by atoms with Gasteiger partial charge in [-0.05, 0) is 17.0 Å². The minimum absolute atomic E-state index is 0.229. The summed E-state index contributed by atoms with van der Waals surface area (Å²) in [4.78, 5) is 18.6. The molecule has 6 heteroatoms. The zero-order valence-electron chi connectivity index (χ0n) is 9.58. The molecule has 1 aromatic carbocycles. The highest BCUT2D eigenvalue weighted by molar-refractivity contribution is 6.05. The topological polar surface area (TPSA) is 90.8 Å². The van der Waals surface area contributed by atoms with E-state index in [0.717, 1.165) is 10.8 Å². The Kier molecular flexibility index (Phi) is 3.73. The molecule has 0 saturated heterocycles. The first-order chi connectivity index (χ1) is 8.83. The predicted octanol–water partition coefficient (Wildman–Crippen LogP) is 2.27. The summed E-state index contributed by atoms with van der Waals surface area (Å²) in [6.07, 6.45) is 1.60. The number of carbonyl (C=O) groups excluding carboxylic acids is 1. The zero-order valence-corrected chi connectivity index (χ0v) is 9.58. The average Bonchev–Trinajstić information content (AvgIpc) is 2.43. The maximum absolute atomic E-state index is 11.9. The van der Waals surface area contributed by atoms with E-state index in [4.69, 9.17) is 5.53 Å². The predicted molar refractivity (Wildman–Crippen MR) is 68.1 cm³/mol. The lowest BCUT2D eigenvalue weighted by molar-refractivity contribution is 0.0951. The fraction of sp³-hybridized carbons (Fsp3) is 0.167. The van der Waals surface area contributed by atoms with Crippen LogP contribution in [-0.2, 0) is 0 Å². The van der Waals surface area contributed by atoms with Crippen LogP contribution >= 0.6 is 0 Å². The van der Waals surface area contributed by atoms with Crippen molar-refractivity contribution in [1.82, 2.24) is 10.3 Å². The molecular weight excluding hydrogens is 230 g/mol. The summed E-state index contributed by atoms with van der Waals surface area (Å²) in [6.45, 7) is 0.529. The van der Waals surface area contributed by atoms with E-state index in [1.165, 1.54) is 0 Å². The Balaban J connectivity index is 2.20. The number of pyridine rings is 1. The molecular formula is C12H11N5O. The van der Waals surface area contributed by atoms with Crippen LogP contribution in [-0.4, -0.2) is 24.0 Å². The summed E-state index contributed by atoms with van der Waals surface area (Å²) >= 11 is 0. The van der Waals surface area contributed by atoms with Crippen LogP contribution in [0.3, 0.4) is 0 Å². The summed E-state index contributed by atoms with van der Waals surface area (Å²) in [5.74, 6) is -0.264. The zero-order chi connectivity index (χ0) is 12.8. The molecule has 0 aliphatic carbocycles. The molecule has 0 spiro atoms. The van der Waals surface area contributed by atoms with Crippen molar-refractivity contribution in [2.45, 2.75) is 0 Å². The van der Waals surface area contributed by atoms with E-state index in [0.29, 0.717) is 12.2 Å². The number of azide groups is 1. The molecule has 1 amide bonds. The fourth-order valence-corrected chi connectivity index (χ4v) is 1.65. The molecule has 90 valence electrons. The van der Waals surface area contributed by atoms with Gasteiger partial charge in [0, 0.05) is 29.6 Å². The van der Waals surface area contributed by atoms with Gasteiger partial charge < -0.3 is 5.32 Å². The summed E-state index contributed by atoms with van der Waals surface area (Å²) in [7, 11) is 0. The van der Waals surface area contributed by atoms with Gasteiger partial charge in [-0.15, -0.1) is 0 Å². The van der Waals surface area contributed by atoms with Crippen molar-refractivity contribution < 1.29 is 4.79 Å². The Morgan fingerprint density at radius 1 is 1.39 bits per heavy atom. The third-order valence-corrected chi connectivity index (χ3v) is 2.45. The molecule has 0 fully saturated rings. The van der Waals surface area contributed by atoms with Crippen molar-refractivity contribution in [3.8, 4) is 0 Å². The highest BCUT2D eigenvalue weighted by Gasteiger charge is 2.09. The highest BCUT2D eigenvalue weighted by atomic mass is 16.1. The summed E-state index contributed by atoms with van der Waals surface area (Å²) in [5.41, 5.74) is 8.51. The quantitative estimate of drug-likeness (QED) is 0.385. The van der Waals surface area contributed by atoms with Gasteiger partial charge >= 0.3 is 0 Å². The van der Waals surface area contributed by atoms with Crippen LogP contribution in [0.1, 0.15) is 10.5 Å². The maximum atomic E-state index is 11.9. The molecule has 0 radical (unpaired) electrons. The second kappa shape index (κ2) is 5.65. The van der Waals surface area contributed by atoms with Gasteiger partial charge in [-0.25, -0.2) is 0 Å². The van der Waals surface area contributed by atoms with Crippen molar-refractivity contribution in [2.75, 3.05) is 13.1 Å². The number of nitrogens with zero attached hydrogens (tertiary/aromatic N) is 4. The SMILES string of the molecule is [N-]=[N+]=NCCNC(=O)c1nccc2ccccc12. The number of hydrogen-bond acceptors (Lipinski definition) is 3. The Bertz CT molecular complexity index is 613. The Labute approximate surface area is 103 Å². The number of amides is 1. The lowest BCUT2D eigenvalue weighted by Gasteiger charge is -2.05. The molecule has 1 N–H and O–H groups in total. The molecule has 0 saturated carbocycles. The van der Waals surface area contributed by atoms with Crippen LogP contribution in [0, 0.1) is 0 Å². The van der Waals surface area contributed by atoms with E-state index in [9.17, 15) is 4.79 Å². The average molecular weight is 241 g/mol. The largest absolute Gasteiger partial charge is 0.351 e. The molecule has 2 aromatic rings. The molecule has 0 atom stereocenters. The highest BCUT2D eigenvalue weighted by Crippen LogP contribution is 2.15. The third kappa shape index (κ3) is 2.56. The van der Waals surface area contributed by atoms with E-state index in [1.807, 2.05) is 30.3 Å². The number of fused-ring (bicyclic) bond motifs is 1. The monoisotopic (exact) mass is 241 g/mol. The standard InChI is InChI=1S/C12H11N5O/c13-17-16-8-7-15-12(18)11-10-4-2-1-3-9(10)5-6-14-11/h1-6H,7-8H2,(H,15,18). The van der Waals surface area contributed by atoms with Gasteiger partial charge in [0.25, 0.3) is 5.91 Å². The van der Waals surface area contributed by atoms with Gasteiger partial charge in [0.2, 0.25) is 0 Å². The van der Waals surface area contributed by atoms with Crippen LogP contribution in [0.15, 0.2) is 41.6 Å². The van der Waals surface area contributed by atoms with E-state index in [2.05, 4.69) is 20.3 Å². The van der Waals surface area contributed by atoms with Crippen LogP contribution < -0.4 is 5.32 Å². The Hall–Kier alpha value is -2.59. The van der Waals surface area contributed by atoms with Crippen LogP contribution in [0.2, 0.25) is 0 Å². The third-order valence-electron chi connectivity index (χ3n) is 2.45. The number of rotatable bonds is 4. The lowest BCUT2D eigenvalue weighted by atomic mass is 10.1. The summed E-state index contributed by atoms with van der Waals surface area (Å²) in [6, 6.07) is 9.40. The lowest BCUT2D eigenvalue weighted by Crippen LogP contribution is -2.26. The summed E-state index contributed by atoms with van der Waals surface area (Å²) < 4.78 is 0. The summed E-state index contributed by atoms with van der Waals surface area (Å²) in [5, 5.41) is 7.78. The van der Waals surface area contributed by atoms with Crippen LogP contribution in [0.25, 0.3) is 21.2 Å². The van der Waals surface area contributed by atoms with Crippen molar-refractivity contribution in [1.29, 1.82) is 0 Å². The van der Waals surface area contributed by atoms with Crippen LogP contribution in [0.4, 0.5) is 0 Å². The van der Waals surface area contributed by atoms with Crippen molar-refractivity contribution in [2.24, 2.45) is 5.11 Å². The smallest absolute Gasteiger partial charge is 0.270 e. The van der Waals surface area contributed by atoms with Crippen LogP contribution in [0.5, 0.6) is 0 Å². The van der Waals surface area contributed by atoms with Crippen molar-refractivity contribution >= 4 is 16.7 Å². The fourth-order valence-electron chi connectivity index (χ4n) is 1.65. The second-order valence-electron chi connectivity index (χ2n) is 3.59. The Morgan fingerprint density at radius 3 is 3.06 bits per heavy atom. The molecule has 1 heterocycles. The van der Waals surface area contributed by atoms with E-state index >= 15 is 0 Å². The van der Waals surface area contributed by atoms with Crippen molar-refractivity contribution in [3.05, 3.63) is 52.7 Å². The van der Waals surface area contributed by atoms with Gasteiger partial charge in [0.15, 0.2) is 0 Å². The molecule has 0 bridgehead atoms. The number of hydrogen-bond donors (Lipinski definition) is 1. The first-order valence-electron chi connectivity index (χ1n) is 5.46.